The summed E-state index contributed by atoms with van der Waals surface area (Å²) in [5.41, 5.74) is 1.32. The van der Waals surface area contributed by atoms with E-state index in [-0.39, 0.29) is 28.2 Å². The first-order valence-corrected chi connectivity index (χ1v) is 10.0. The molecule has 6 atom stereocenters. The largest absolute Gasteiger partial charge is 0.458 e. The van der Waals surface area contributed by atoms with E-state index in [1.807, 2.05) is 6.08 Å². The number of hydrogen-bond acceptors (Lipinski definition) is 3. The molecule has 3 nitrogen and oxygen atoms in total. The van der Waals surface area contributed by atoms with Crippen LogP contribution in [0.1, 0.15) is 65.2 Å². The maximum absolute atomic E-state index is 11.9. The van der Waals surface area contributed by atoms with Crippen LogP contribution >= 0.6 is 0 Å². The summed E-state index contributed by atoms with van der Waals surface area (Å²) in [4.78, 5) is 23.8. The van der Waals surface area contributed by atoms with E-state index in [1.54, 1.807) is 0 Å². The molecule has 0 aromatic heterocycles. The summed E-state index contributed by atoms with van der Waals surface area (Å²) < 4.78 is 5.99. The number of ether oxygens (including phenoxy) is 1. The fraction of sp³-hybridized carbons (Fsp3) is 0.727. The molecule has 4 aliphatic carbocycles. The third-order valence-electron chi connectivity index (χ3n) is 8.85. The van der Waals surface area contributed by atoms with Crippen molar-refractivity contribution < 1.29 is 14.3 Å². The Kier molecular flexibility index (Phi) is 3.08. The third-order valence-corrected chi connectivity index (χ3v) is 8.85. The van der Waals surface area contributed by atoms with Gasteiger partial charge in [-0.15, -0.1) is 0 Å². The number of esters is 1. The summed E-state index contributed by atoms with van der Waals surface area (Å²) in [7, 11) is 0. The number of allylic oxidation sites excluding steroid dienone is 4. The summed E-state index contributed by atoms with van der Waals surface area (Å²) in [6.07, 6.45) is 14.3. The van der Waals surface area contributed by atoms with E-state index in [9.17, 15) is 9.59 Å². The van der Waals surface area contributed by atoms with Crippen molar-refractivity contribution in [2.45, 2.75) is 70.8 Å². The van der Waals surface area contributed by atoms with E-state index >= 15 is 0 Å². The number of carbonyl (C=O) groups is 2. The van der Waals surface area contributed by atoms with Crippen LogP contribution in [0.2, 0.25) is 0 Å². The van der Waals surface area contributed by atoms with Gasteiger partial charge < -0.3 is 4.74 Å². The molecule has 0 bridgehead atoms. The fourth-order valence-electron chi connectivity index (χ4n) is 7.29. The van der Waals surface area contributed by atoms with Gasteiger partial charge in [-0.25, -0.2) is 0 Å². The van der Waals surface area contributed by atoms with E-state index in [2.05, 4.69) is 26.0 Å². The lowest BCUT2D eigenvalue weighted by Gasteiger charge is -2.57. The first kappa shape index (κ1) is 15.8. The molecular formula is C22H28O3. The van der Waals surface area contributed by atoms with Crippen molar-refractivity contribution in [3.63, 3.8) is 0 Å². The number of carbonyl (C=O) groups excluding carboxylic acids is 2. The SMILES string of the molecule is CC12CCC(=O)C=C1C=CC1[C@@H]2CCC2(C)[C@H]1CCC21CCC(=O)O1. The summed E-state index contributed by atoms with van der Waals surface area (Å²) in [5.74, 6) is 2.08. The molecule has 3 fully saturated rings. The molecule has 5 aliphatic rings. The van der Waals surface area contributed by atoms with Crippen LogP contribution in [0.3, 0.4) is 0 Å². The summed E-state index contributed by atoms with van der Waals surface area (Å²) in [6.45, 7) is 4.78. The Bertz CT molecular complexity index is 719. The van der Waals surface area contributed by atoms with Gasteiger partial charge in [0, 0.05) is 18.3 Å². The van der Waals surface area contributed by atoms with Gasteiger partial charge in [-0.05, 0) is 73.3 Å². The molecule has 0 radical (unpaired) electrons. The minimum Gasteiger partial charge on any atom is -0.458 e. The van der Waals surface area contributed by atoms with Crippen molar-refractivity contribution in [1.82, 2.24) is 0 Å². The van der Waals surface area contributed by atoms with Crippen LogP contribution in [0.25, 0.3) is 0 Å². The van der Waals surface area contributed by atoms with E-state index in [0.717, 1.165) is 25.7 Å². The molecule has 1 saturated heterocycles. The van der Waals surface area contributed by atoms with Gasteiger partial charge in [0.25, 0.3) is 0 Å². The molecule has 25 heavy (non-hydrogen) atoms. The second kappa shape index (κ2) is 4.86. The van der Waals surface area contributed by atoms with Crippen molar-refractivity contribution in [1.29, 1.82) is 0 Å². The Morgan fingerprint density at radius 2 is 1.80 bits per heavy atom. The summed E-state index contributed by atoms with van der Waals surface area (Å²) >= 11 is 0. The van der Waals surface area contributed by atoms with E-state index in [0.29, 0.717) is 30.6 Å². The van der Waals surface area contributed by atoms with E-state index < -0.39 is 0 Å². The lowest BCUT2D eigenvalue weighted by Crippen LogP contribution is -2.53. The molecule has 5 rings (SSSR count). The number of hydrogen-bond donors (Lipinski definition) is 0. The molecule has 1 heterocycles. The number of fused-ring (bicyclic) bond motifs is 6. The van der Waals surface area contributed by atoms with Crippen LogP contribution in [0.5, 0.6) is 0 Å². The molecule has 0 aromatic rings. The minimum atomic E-state index is -0.201. The smallest absolute Gasteiger partial charge is 0.306 e. The molecule has 0 aromatic carbocycles. The number of ketones is 1. The summed E-state index contributed by atoms with van der Waals surface area (Å²) in [5, 5.41) is 0. The van der Waals surface area contributed by atoms with E-state index in [4.69, 9.17) is 4.74 Å². The Hall–Kier alpha value is -1.38. The topological polar surface area (TPSA) is 43.4 Å². The summed E-state index contributed by atoms with van der Waals surface area (Å²) in [6, 6.07) is 0. The Morgan fingerprint density at radius 1 is 1.00 bits per heavy atom. The first-order chi connectivity index (χ1) is 11.9. The molecule has 4 unspecified atom stereocenters. The first-order valence-electron chi connectivity index (χ1n) is 10.0. The van der Waals surface area contributed by atoms with Gasteiger partial charge in [-0.2, -0.15) is 0 Å². The minimum absolute atomic E-state index is 0.00570. The standard InChI is InChI=1S/C22H28O3/c1-20-9-5-15(23)13-14(20)3-4-16-17(20)6-10-21(2)18(16)7-11-22(21)12-8-19(24)25-22/h3-4,13,16-18H,5-12H2,1-2H3/t16?,17-,18-,20?,21?,22?/m0/s1. The molecule has 2 saturated carbocycles. The highest BCUT2D eigenvalue weighted by Gasteiger charge is 2.66. The van der Waals surface area contributed by atoms with Gasteiger partial charge in [0.2, 0.25) is 0 Å². The maximum Gasteiger partial charge on any atom is 0.306 e. The second-order valence-electron chi connectivity index (χ2n) is 9.60. The van der Waals surface area contributed by atoms with Crippen molar-refractivity contribution in [3.05, 3.63) is 23.8 Å². The molecule has 3 heteroatoms. The molecule has 0 amide bonds. The monoisotopic (exact) mass is 340 g/mol. The Balaban J connectivity index is 1.53. The van der Waals surface area contributed by atoms with Crippen LogP contribution in [0, 0.1) is 28.6 Å². The molecule has 0 N–H and O–H groups in total. The molecule has 134 valence electrons. The fourth-order valence-corrected chi connectivity index (χ4v) is 7.29. The molecule has 1 spiro atoms. The van der Waals surface area contributed by atoms with Gasteiger partial charge >= 0.3 is 5.97 Å². The zero-order valence-corrected chi connectivity index (χ0v) is 15.3. The van der Waals surface area contributed by atoms with Crippen LogP contribution in [0.4, 0.5) is 0 Å². The van der Waals surface area contributed by atoms with Crippen molar-refractivity contribution >= 4 is 11.8 Å². The van der Waals surface area contributed by atoms with Crippen LogP contribution in [0.15, 0.2) is 23.8 Å². The van der Waals surface area contributed by atoms with E-state index in [1.165, 1.54) is 18.4 Å². The zero-order chi connectivity index (χ0) is 17.4. The lowest BCUT2D eigenvalue weighted by atomic mass is 9.48. The molecular weight excluding hydrogens is 312 g/mol. The predicted octanol–water partition coefficient (Wildman–Crippen LogP) is 4.37. The van der Waals surface area contributed by atoms with Crippen LogP contribution in [-0.2, 0) is 14.3 Å². The normalized spacial score (nSPS) is 51.0. The van der Waals surface area contributed by atoms with Crippen molar-refractivity contribution in [2.24, 2.45) is 28.6 Å². The average molecular weight is 340 g/mol. The maximum atomic E-state index is 11.9. The van der Waals surface area contributed by atoms with Crippen LogP contribution < -0.4 is 0 Å². The molecule has 1 aliphatic heterocycles. The predicted molar refractivity (Wildman–Crippen MR) is 94.7 cm³/mol. The van der Waals surface area contributed by atoms with Crippen LogP contribution in [-0.4, -0.2) is 17.4 Å². The highest BCUT2D eigenvalue weighted by Crippen LogP contribution is 2.68. The second-order valence-corrected chi connectivity index (χ2v) is 9.60. The van der Waals surface area contributed by atoms with Gasteiger partial charge in [-0.3, -0.25) is 9.59 Å². The number of rotatable bonds is 0. The van der Waals surface area contributed by atoms with Gasteiger partial charge in [-0.1, -0.05) is 26.0 Å². The Morgan fingerprint density at radius 3 is 2.56 bits per heavy atom. The quantitative estimate of drug-likeness (QED) is 0.615. The van der Waals surface area contributed by atoms with Crippen molar-refractivity contribution in [3.8, 4) is 0 Å². The highest BCUT2D eigenvalue weighted by molar-refractivity contribution is 5.92. The average Bonchev–Trinajstić information content (AvgIpc) is 3.10. The zero-order valence-electron chi connectivity index (χ0n) is 15.3. The Labute approximate surface area is 149 Å². The highest BCUT2D eigenvalue weighted by atomic mass is 16.6. The van der Waals surface area contributed by atoms with Crippen molar-refractivity contribution in [2.75, 3.05) is 0 Å². The third kappa shape index (κ3) is 1.88. The van der Waals surface area contributed by atoms with Gasteiger partial charge in [0.15, 0.2) is 5.78 Å². The van der Waals surface area contributed by atoms with Gasteiger partial charge in [0.1, 0.15) is 5.60 Å². The van der Waals surface area contributed by atoms with Gasteiger partial charge in [0.05, 0.1) is 0 Å². The lowest BCUT2D eigenvalue weighted by molar-refractivity contribution is -0.165.